The normalized spacial score (nSPS) is 10.4. The molecule has 70 valence electrons. The van der Waals surface area contributed by atoms with Crippen molar-refractivity contribution in [3.8, 4) is 5.69 Å². The highest BCUT2D eigenvalue weighted by molar-refractivity contribution is 6.32. The molecule has 0 N–H and O–H groups in total. The van der Waals surface area contributed by atoms with Crippen LogP contribution in [0.1, 0.15) is 0 Å². The van der Waals surface area contributed by atoms with Gasteiger partial charge in [0.25, 0.3) is 0 Å². The predicted octanol–water partition coefficient (Wildman–Crippen LogP) is 1.01. The zero-order valence-electron chi connectivity index (χ0n) is 7.67. The number of nitrogens with zero attached hydrogens (tertiary/aromatic N) is 1. The third kappa shape index (κ3) is 1.33. The summed E-state index contributed by atoms with van der Waals surface area (Å²) >= 11 is 0. The van der Waals surface area contributed by atoms with Gasteiger partial charge in [0, 0.05) is 12.4 Å². The van der Waals surface area contributed by atoms with Crippen molar-refractivity contribution < 1.29 is 8.78 Å². The molecule has 1 nitrogen and oxygen atoms in total. The standard InChI is InChI=1S/C10H8BF2N/c11-9-7(12)3-4-8(10(9)13)14-5-1-2-6-14/h1-6H,11H2. The molecular weight excluding hydrogens is 183 g/mol. The molecule has 0 bridgehead atoms. The Labute approximate surface area is 81.4 Å². The highest BCUT2D eigenvalue weighted by Crippen LogP contribution is 2.12. The van der Waals surface area contributed by atoms with E-state index in [2.05, 4.69) is 0 Å². The Kier molecular flexibility index (Phi) is 2.12. The predicted molar refractivity (Wildman–Crippen MR) is 53.9 cm³/mol. The molecule has 4 heteroatoms. The van der Waals surface area contributed by atoms with Crippen LogP contribution in [0.2, 0.25) is 0 Å². The van der Waals surface area contributed by atoms with Gasteiger partial charge in [-0.15, -0.1) is 0 Å². The highest BCUT2D eigenvalue weighted by atomic mass is 19.1. The van der Waals surface area contributed by atoms with E-state index in [0.717, 1.165) is 0 Å². The maximum absolute atomic E-state index is 13.6. The van der Waals surface area contributed by atoms with Crippen molar-refractivity contribution in [1.82, 2.24) is 4.57 Å². The molecule has 0 atom stereocenters. The fraction of sp³-hybridized carbons (Fsp3) is 0. The SMILES string of the molecule is Bc1c(F)ccc(-n2cccc2)c1F. The number of aromatic nitrogens is 1. The Morgan fingerprint density at radius 1 is 1.07 bits per heavy atom. The minimum atomic E-state index is -0.515. The second-order valence-corrected chi connectivity index (χ2v) is 3.10. The van der Waals surface area contributed by atoms with Gasteiger partial charge in [-0.25, -0.2) is 8.78 Å². The molecule has 0 fully saturated rings. The average Bonchev–Trinajstić information content (AvgIpc) is 2.67. The molecule has 0 unspecified atom stereocenters. The van der Waals surface area contributed by atoms with Gasteiger partial charge in [-0.05, 0) is 29.7 Å². The summed E-state index contributed by atoms with van der Waals surface area (Å²) in [5.41, 5.74) is 0.421. The van der Waals surface area contributed by atoms with Gasteiger partial charge in [0.15, 0.2) is 0 Å². The smallest absolute Gasteiger partial charge is 0.147 e. The van der Waals surface area contributed by atoms with E-state index < -0.39 is 11.6 Å². The maximum Gasteiger partial charge on any atom is 0.147 e. The first kappa shape index (κ1) is 9.00. The molecule has 14 heavy (non-hydrogen) atoms. The Balaban J connectivity index is 2.61. The molecule has 1 aromatic carbocycles. The van der Waals surface area contributed by atoms with Crippen molar-refractivity contribution in [2.45, 2.75) is 0 Å². The molecule has 0 radical (unpaired) electrons. The van der Waals surface area contributed by atoms with E-state index in [1.807, 2.05) is 0 Å². The van der Waals surface area contributed by atoms with Crippen LogP contribution in [0.3, 0.4) is 0 Å². The van der Waals surface area contributed by atoms with E-state index in [4.69, 9.17) is 0 Å². The fourth-order valence-corrected chi connectivity index (χ4v) is 1.34. The lowest BCUT2D eigenvalue weighted by Gasteiger charge is -2.07. The first-order valence-corrected chi connectivity index (χ1v) is 4.28. The second-order valence-electron chi connectivity index (χ2n) is 3.10. The highest BCUT2D eigenvalue weighted by Gasteiger charge is 2.09. The van der Waals surface area contributed by atoms with Crippen LogP contribution >= 0.6 is 0 Å². The van der Waals surface area contributed by atoms with E-state index >= 15 is 0 Å². The quantitative estimate of drug-likeness (QED) is 0.593. The molecule has 0 aliphatic rings. The van der Waals surface area contributed by atoms with Crippen LogP contribution in [-0.4, -0.2) is 12.4 Å². The number of halogens is 2. The Bertz CT molecular complexity index is 451. The molecule has 0 aliphatic heterocycles. The van der Waals surface area contributed by atoms with Crippen molar-refractivity contribution in [1.29, 1.82) is 0 Å². The van der Waals surface area contributed by atoms with Gasteiger partial charge in [-0.1, -0.05) is 0 Å². The van der Waals surface area contributed by atoms with Crippen molar-refractivity contribution in [2.75, 3.05) is 0 Å². The lowest BCUT2D eigenvalue weighted by Crippen LogP contribution is -2.16. The number of hydrogen-bond donors (Lipinski definition) is 0. The molecule has 0 spiro atoms. The third-order valence-corrected chi connectivity index (χ3v) is 2.18. The molecule has 1 heterocycles. The van der Waals surface area contributed by atoms with Crippen LogP contribution in [-0.2, 0) is 0 Å². The van der Waals surface area contributed by atoms with Gasteiger partial charge in [0.05, 0.1) is 5.69 Å². The Morgan fingerprint density at radius 3 is 2.36 bits per heavy atom. The Hall–Kier alpha value is -1.58. The first-order chi connectivity index (χ1) is 6.70. The van der Waals surface area contributed by atoms with Crippen molar-refractivity contribution in [2.24, 2.45) is 0 Å². The minimum absolute atomic E-state index is 0.0520. The summed E-state index contributed by atoms with van der Waals surface area (Å²) in [6, 6.07) is 6.28. The van der Waals surface area contributed by atoms with Crippen molar-refractivity contribution >= 4 is 13.3 Å². The summed E-state index contributed by atoms with van der Waals surface area (Å²) in [6.07, 6.45) is 3.44. The van der Waals surface area contributed by atoms with Crippen LogP contribution in [0.4, 0.5) is 8.78 Å². The summed E-state index contributed by atoms with van der Waals surface area (Å²) in [6.45, 7) is 0. The third-order valence-electron chi connectivity index (χ3n) is 2.18. The summed E-state index contributed by atoms with van der Waals surface area (Å²) in [4.78, 5) is 0. The number of hydrogen-bond acceptors (Lipinski definition) is 0. The lowest BCUT2D eigenvalue weighted by molar-refractivity contribution is 0.592. The largest absolute Gasteiger partial charge is 0.321 e. The minimum Gasteiger partial charge on any atom is -0.321 e. The van der Waals surface area contributed by atoms with Crippen LogP contribution < -0.4 is 5.46 Å². The van der Waals surface area contributed by atoms with Gasteiger partial charge in [-0.3, -0.25) is 0 Å². The van der Waals surface area contributed by atoms with E-state index in [0.29, 0.717) is 5.69 Å². The summed E-state index contributed by atoms with van der Waals surface area (Å²) in [7, 11) is 1.43. The molecule has 2 rings (SSSR count). The topological polar surface area (TPSA) is 4.93 Å². The molecule has 2 aromatic rings. The summed E-state index contributed by atoms with van der Waals surface area (Å²) in [5, 5.41) is 0. The van der Waals surface area contributed by atoms with E-state index in [-0.39, 0.29) is 5.46 Å². The molecule has 0 amide bonds. The zero-order chi connectivity index (χ0) is 10.1. The molecule has 1 aromatic heterocycles. The van der Waals surface area contributed by atoms with Crippen LogP contribution in [0, 0.1) is 11.6 Å². The average molecular weight is 191 g/mol. The van der Waals surface area contributed by atoms with Crippen molar-refractivity contribution in [3.63, 3.8) is 0 Å². The molecule has 0 saturated heterocycles. The second kappa shape index (κ2) is 3.29. The number of rotatable bonds is 1. The molecule has 0 aliphatic carbocycles. The van der Waals surface area contributed by atoms with Crippen LogP contribution in [0.5, 0.6) is 0 Å². The monoisotopic (exact) mass is 191 g/mol. The van der Waals surface area contributed by atoms with Crippen LogP contribution in [0.25, 0.3) is 5.69 Å². The van der Waals surface area contributed by atoms with Crippen molar-refractivity contribution in [3.05, 3.63) is 48.3 Å². The van der Waals surface area contributed by atoms with Gasteiger partial charge in [0.2, 0.25) is 0 Å². The van der Waals surface area contributed by atoms with Crippen LogP contribution in [0.15, 0.2) is 36.7 Å². The zero-order valence-corrected chi connectivity index (χ0v) is 7.67. The molecule has 0 saturated carbocycles. The number of benzene rings is 1. The van der Waals surface area contributed by atoms with Gasteiger partial charge < -0.3 is 4.57 Å². The summed E-state index contributed by atoms with van der Waals surface area (Å²) in [5.74, 6) is -1.03. The van der Waals surface area contributed by atoms with Gasteiger partial charge >= 0.3 is 0 Å². The first-order valence-electron chi connectivity index (χ1n) is 4.28. The summed E-state index contributed by atoms with van der Waals surface area (Å²) < 4.78 is 28.1. The van der Waals surface area contributed by atoms with E-state index in [9.17, 15) is 8.78 Å². The fourth-order valence-electron chi connectivity index (χ4n) is 1.34. The molecular formula is C10H8BF2N. The van der Waals surface area contributed by atoms with E-state index in [1.165, 1.54) is 20.0 Å². The lowest BCUT2D eigenvalue weighted by atomic mass is 9.94. The van der Waals surface area contributed by atoms with Gasteiger partial charge in [-0.2, -0.15) is 0 Å². The van der Waals surface area contributed by atoms with Gasteiger partial charge in [0.1, 0.15) is 19.5 Å². The van der Waals surface area contributed by atoms with E-state index in [1.54, 1.807) is 29.1 Å². The Morgan fingerprint density at radius 2 is 1.71 bits per heavy atom. The maximum atomic E-state index is 13.6.